The molecule has 0 saturated carbocycles. The standard InChI is InChI=1S/C35H34N2O6/c1-3-4-6-11-33(38)37-22-28-20-30(17-14-27(28)21-32(37)35(39)40)41-19-18-31-24(2)43-34(36-31)26-12-15-29(16-13-26)42-23-25-9-7-5-8-10-25/h3-17,20,32H,18-19,21-23H2,1-2H3,(H,39,40)/b4-3+,11-6+/t32-/m0/s1. The van der Waals surface area contributed by atoms with Crippen molar-refractivity contribution in [2.45, 2.75) is 45.9 Å². The average molecular weight is 579 g/mol. The topological polar surface area (TPSA) is 102 Å². The molecule has 0 unspecified atom stereocenters. The van der Waals surface area contributed by atoms with E-state index in [9.17, 15) is 14.7 Å². The van der Waals surface area contributed by atoms with Gasteiger partial charge in [-0.05, 0) is 66.9 Å². The molecular formula is C35H34N2O6. The van der Waals surface area contributed by atoms with E-state index in [2.05, 4.69) is 0 Å². The third kappa shape index (κ3) is 7.40. The molecule has 3 aromatic carbocycles. The average Bonchev–Trinajstić information content (AvgIpc) is 3.40. The van der Waals surface area contributed by atoms with Crippen molar-refractivity contribution in [2.75, 3.05) is 6.61 Å². The molecule has 1 aromatic heterocycles. The summed E-state index contributed by atoms with van der Waals surface area (Å²) in [5.41, 5.74) is 4.55. The highest BCUT2D eigenvalue weighted by Crippen LogP contribution is 2.29. The fraction of sp³-hybridized carbons (Fsp3) is 0.229. The number of aryl methyl sites for hydroxylation is 1. The van der Waals surface area contributed by atoms with Crippen molar-refractivity contribution in [3.63, 3.8) is 0 Å². The summed E-state index contributed by atoms with van der Waals surface area (Å²) in [6.45, 7) is 4.81. The quantitative estimate of drug-likeness (QED) is 0.164. The predicted molar refractivity (Wildman–Crippen MR) is 163 cm³/mol. The van der Waals surface area contributed by atoms with E-state index in [-0.39, 0.29) is 18.9 Å². The molecule has 43 heavy (non-hydrogen) atoms. The summed E-state index contributed by atoms with van der Waals surface area (Å²) in [6.07, 6.45) is 7.33. The van der Waals surface area contributed by atoms with E-state index in [1.165, 1.54) is 11.0 Å². The molecule has 1 atom stereocenters. The number of carboxylic acid groups (broad SMARTS) is 1. The minimum Gasteiger partial charge on any atom is -0.493 e. The summed E-state index contributed by atoms with van der Waals surface area (Å²) in [5.74, 6) is 1.33. The highest BCUT2D eigenvalue weighted by atomic mass is 16.5. The third-order valence-electron chi connectivity index (χ3n) is 7.27. The van der Waals surface area contributed by atoms with Crippen LogP contribution >= 0.6 is 0 Å². The zero-order chi connectivity index (χ0) is 30.2. The molecule has 1 aliphatic heterocycles. The van der Waals surface area contributed by atoms with Crippen LogP contribution in [0.5, 0.6) is 11.5 Å². The molecule has 0 radical (unpaired) electrons. The summed E-state index contributed by atoms with van der Waals surface area (Å²) < 4.78 is 17.9. The van der Waals surface area contributed by atoms with Gasteiger partial charge in [0.05, 0.1) is 12.3 Å². The van der Waals surface area contributed by atoms with E-state index >= 15 is 0 Å². The Morgan fingerprint density at radius 1 is 1.00 bits per heavy atom. The second-order valence-corrected chi connectivity index (χ2v) is 10.3. The number of hydrogen-bond acceptors (Lipinski definition) is 6. The lowest BCUT2D eigenvalue weighted by molar-refractivity contribution is -0.149. The first-order valence-electron chi connectivity index (χ1n) is 14.2. The lowest BCUT2D eigenvalue weighted by Gasteiger charge is -2.34. The second kappa shape index (κ2) is 13.7. The molecule has 5 rings (SSSR count). The Morgan fingerprint density at radius 2 is 1.77 bits per heavy atom. The summed E-state index contributed by atoms with van der Waals surface area (Å²) in [6, 6.07) is 22.4. The number of fused-ring (bicyclic) bond motifs is 1. The van der Waals surface area contributed by atoms with Crippen molar-refractivity contribution >= 4 is 11.9 Å². The van der Waals surface area contributed by atoms with Gasteiger partial charge in [0.25, 0.3) is 0 Å². The Morgan fingerprint density at radius 3 is 2.51 bits per heavy atom. The lowest BCUT2D eigenvalue weighted by Crippen LogP contribution is -2.48. The normalized spacial score (nSPS) is 14.7. The largest absolute Gasteiger partial charge is 0.493 e. The molecule has 0 saturated heterocycles. The zero-order valence-electron chi connectivity index (χ0n) is 24.2. The van der Waals surface area contributed by atoms with Gasteiger partial charge in [0.15, 0.2) is 0 Å². The lowest BCUT2D eigenvalue weighted by atomic mass is 9.93. The molecule has 220 valence electrons. The highest BCUT2D eigenvalue weighted by Gasteiger charge is 2.33. The SMILES string of the molecule is C/C=C/C=C/C(=O)N1Cc2cc(OCCc3nc(-c4ccc(OCc5ccccc5)cc4)oc3C)ccc2C[C@H]1C(=O)O. The second-order valence-electron chi connectivity index (χ2n) is 10.3. The molecule has 8 nitrogen and oxygen atoms in total. The molecule has 4 aromatic rings. The number of ether oxygens (including phenoxy) is 2. The fourth-order valence-corrected chi connectivity index (χ4v) is 4.93. The number of aromatic nitrogens is 1. The first-order valence-corrected chi connectivity index (χ1v) is 14.2. The number of carbonyl (C=O) groups is 2. The summed E-state index contributed by atoms with van der Waals surface area (Å²) in [4.78, 5) is 30.7. The van der Waals surface area contributed by atoms with Crippen molar-refractivity contribution in [2.24, 2.45) is 0 Å². The van der Waals surface area contributed by atoms with Crippen molar-refractivity contribution < 1.29 is 28.6 Å². The molecule has 1 amide bonds. The number of amides is 1. The molecule has 1 aliphatic rings. The van der Waals surface area contributed by atoms with Crippen molar-refractivity contribution in [1.29, 1.82) is 0 Å². The number of benzene rings is 3. The molecule has 1 N–H and O–H groups in total. The van der Waals surface area contributed by atoms with E-state index in [0.717, 1.165) is 39.5 Å². The van der Waals surface area contributed by atoms with Gasteiger partial charge >= 0.3 is 5.97 Å². The number of carbonyl (C=O) groups excluding carboxylic acids is 1. The van der Waals surface area contributed by atoms with Crippen LogP contribution in [0.2, 0.25) is 0 Å². The highest BCUT2D eigenvalue weighted by molar-refractivity contribution is 5.92. The number of nitrogens with zero attached hydrogens (tertiary/aromatic N) is 2. The van der Waals surface area contributed by atoms with E-state index < -0.39 is 12.0 Å². The fourth-order valence-electron chi connectivity index (χ4n) is 4.93. The van der Waals surface area contributed by atoms with Crippen LogP contribution in [0, 0.1) is 6.92 Å². The van der Waals surface area contributed by atoms with Crippen LogP contribution in [0.3, 0.4) is 0 Å². The van der Waals surface area contributed by atoms with Crippen LogP contribution in [0.4, 0.5) is 0 Å². The van der Waals surface area contributed by atoms with Crippen LogP contribution in [-0.4, -0.2) is 39.5 Å². The van der Waals surface area contributed by atoms with E-state index in [0.29, 0.717) is 31.3 Å². The summed E-state index contributed by atoms with van der Waals surface area (Å²) in [5, 5.41) is 9.73. The summed E-state index contributed by atoms with van der Waals surface area (Å²) in [7, 11) is 0. The van der Waals surface area contributed by atoms with Crippen LogP contribution < -0.4 is 9.47 Å². The Hall–Kier alpha value is -5.11. The third-order valence-corrected chi connectivity index (χ3v) is 7.27. The molecule has 0 fully saturated rings. The Bertz CT molecular complexity index is 1620. The Kier molecular flexibility index (Phi) is 9.36. The molecule has 8 heteroatoms. The summed E-state index contributed by atoms with van der Waals surface area (Å²) >= 11 is 0. The predicted octanol–water partition coefficient (Wildman–Crippen LogP) is 6.32. The van der Waals surface area contributed by atoms with E-state index in [4.69, 9.17) is 18.9 Å². The van der Waals surface area contributed by atoms with Gasteiger partial charge in [-0.25, -0.2) is 9.78 Å². The molecule has 0 bridgehead atoms. The van der Waals surface area contributed by atoms with Gasteiger partial charge in [0.1, 0.15) is 29.9 Å². The molecule has 0 spiro atoms. The van der Waals surface area contributed by atoms with Gasteiger partial charge in [-0.3, -0.25) is 4.79 Å². The zero-order valence-corrected chi connectivity index (χ0v) is 24.2. The van der Waals surface area contributed by atoms with Gasteiger partial charge in [-0.2, -0.15) is 0 Å². The van der Waals surface area contributed by atoms with E-state index in [1.807, 2.05) is 86.6 Å². The number of hydrogen-bond donors (Lipinski definition) is 1. The Balaban J connectivity index is 1.18. The van der Waals surface area contributed by atoms with E-state index in [1.54, 1.807) is 18.2 Å². The minimum atomic E-state index is -1.02. The van der Waals surface area contributed by atoms with Crippen molar-refractivity contribution in [3.8, 4) is 23.0 Å². The maximum Gasteiger partial charge on any atom is 0.326 e. The Labute approximate surface area is 250 Å². The smallest absolute Gasteiger partial charge is 0.326 e. The maximum absolute atomic E-state index is 12.7. The van der Waals surface area contributed by atoms with Gasteiger partial charge in [-0.1, -0.05) is 54.6 Å². The van der Waals surface area contributed by atoms with Gasteiger partial charge in [0, 0.05) is 31.0 Å². The van der Waals surface area contributed by atoms with Crippen LogP contribution in [-0.2, 0) is 35.6 Å². The molecule has 2 heterocycles. The van der Waals surface area contributed by atoms with Crippen molar-refractivity contribution in [3.05, 3.63) is 125 Å². The molecular weight excluding hydrogens is 544 g/mol. The number of allylic oxidation sites excluding steroid dienone is 3. The number of oxazole rings is 1. The number of aliphatic carboxylic acids is 1. The molecule has 0 aliphatic carbocycles. The monoisotopic (exact) mass is 578 g/mol. The maximum atomic E-state index is 12.7. The van der Waals surface area contributed by atoms with Crippen LogP contribution in [0.25, 0.3) is 11.5 Å². The van der Waals surface area contributed by atoms with Crippen molar-refractivity contribution in [1.82, 2.24) is 9.88 Å². The van der Waals surface area contributed by atoms with Gasteiger partial charge < -0.3 is 23.9 Å². The number of rotatable bonds is 11. The first kappa shape index (κ1) is 29.4. The first-order chi connectivity index (χ1) is 20.9. The van der Waals surface area contributed by atoms with Crippen LogP contribution in [0.1, 0.15) is 35.1 Å². The minimum absolute atomic E-state index is 0.199. The van der Waals surface area contributed by atoms with Gasteiger partial charge in [0.2, 0.25) is 11.8 Å². The van der Waals surface area contributed by atoms with Gasteiger partial charge in [-0.15, -0.1) is 0 Å². The number of carboxylic acids is 1. The van der Waals surface area contributed by atoms with Crippen LogP contribution in [0.15, 0.2) is 102 Å².